The van der Waals surface area contributed by atoms with Crippen LogP contribution in [0.25, 0.3) is 0 Å². The van der Waals surface area contributed by atoms with Crippen molar-refractivity contribution in [1.82, 2.24) is 14.3 Å². The molecule has 2 aromatic heterocycles. The summed E-state index contributed by atoms with van der Waals surface area (Å²) in [5, 5.41) is 3.04. The van der Waals surface area contributed by atoms with Crippen LogP contribution in [0.1, 0.15) is 41.6 Å². The van der Waals surface area contributed by atoms with Crippen molar-refractivity contribution in [2.24, 2.45) is 0 Å². The third kappa shape index (κ3) is 3.63. The number of fused-ring (bicyclic) bond motifs is 1. The maximum absolute atomic E-state index is 12.9. The van der Waals surface area contributed by atoms with E-state index in [4.69, 9.17) is 16.3 Å². The lowest BCUT2D eigenvalue weighted by Gasteiger charge is -2.38. The van der Waals surface area contributed by atoms with E-state index in [1.807, 2.05) is 4.57 Å². The maximum atomic E-state index is 12.9. The van der Waals surface area contributed by atoms with E-state index in [1.54, 1.807) is 0 Å². The number of hydrogen-bond acceptors (Lipinski definition) is 5. The minimum Gasteiger partial charge on any atom is -0.377 e. The van der Waals surface area contributed by atoms with Gasteiger partial charge in [-0.15, -0.1) is 0 Å². The number of nitrogens with zero attached hydrogens (tertiary/aromatic N) is 2. The van der Waals surface area contributed by atoms with Gasteiger partial charge in [-0.05, 0) is 43.8 Å². The monoisotopic (exact) mass is 428 g/mol. The molecule has 6 nitrogen and oxygen atoms in total. The van der Waals surface area contributed by atoms with Crippen molar-refractivity contribution in [2.45, 2.75) is 43.2 Å². The Labute approximate surface area is 170 Å². The Bertz CT molecular complexity index is 917. The fraction of sp³-hybridized carbons (Fsp3) is 0.444. The lowest BCUT2D eigenvalue weighted by Crippen LogP contribution is -2.55. The van der Waals surface area contributed by atoms with E-state index in [0.29, 0.717) is 30.5 Å². The zero-order valence-corrected chi connectivity index (χ0v) is 16.7. The molecular weight excluding hydrogens is 410 g/mol. The average Bonchev–Trinajstić information content (AvgIpc) is 3.18. The van der Waals surface area contributed by atoms with Crippen LogP contribution < -0.4 is 10.0 Å². The number of pyridine rings is 1. The van der Waals surface area contributed by atoms with Gasteiger partial charge in [0.1, 0.15) is 11.4 Å². The minimum absolute atomic E-state index is 0.118. The second-order valence-electron chi connectivity index (χ2n) is 7.18. The summed E-state index contributed by atoms with van der Waals surface area (Å²) in [4.78, 5) is 17.3. The first-order chi connectivity index (χ1) is 13.4. The Hall–Kier alpha value is -1.68. The molecule has 1 saturated heterocycles. The largest absolute Gasteiger partial charge is 0.377 e. The predicted molar refractivity (Wildman–Crippen MR) is 103 cm³/mol. The van der Waals surface area contributed by atoms with Gasteiger partial charge in [-0.25, -0.2) is 13.5 Å². The molecule has 4 rings (SSSR count). The van der Waals surface area contributed by atoms with Gasteiger partial charge in [-0.3, -0.25) is 9.78 Å². The van der Waals surface area contributed by atoms with Crippen molar-refractivity contribution in [3.8, 4) is 0 Å². The van der Waals surface area contributed by atoms with E-state index in [1.165, 1.54) is 30.3 Å². The van der Waals surface area contributed by atoms with Crippen molar-refractivity contribution in [3.63, 3.8) is 0 Å². The summed E-state index contributed by atoms with van der Waals surface area (Å²) in [5.74, 6) is -0.426. The van der Waals surface area contributed by atoms with Gasteiger partial charge in [0.25, 0.3) is 12.3 Å². The minimum atomic E-state index is -2.70. The molecule has 28 heavy (non-hydrogen) atoms. The Morgan fingerprint density at radius 3 is 2.93 bits per heavy atom. The fourth-order valence-electron chi connectivity index (χ4n) is 3.31. The molecule has 0 unspecified atom stereocenters. The number of anilines is 1. The van der Waals surface area contributed by atoms with Crippen LogP contribution in [-0.2, 0) is 17.7 Å². The van der Waals surface area contributed by atoms with Crippen LogP contribution in [0.3, 0.4) is 0 Å². The Morgan fingerprint density at radius 2 is 2.25 bits per heavy atom. The fourth-order valence-corrected chi connectivity index (χ4v) is 4.71. The van der Waals surface area contributed by atoms with Crippen LogP contribution in [0.5, 0.6) is 0 Å². The summed E-state index contributed by atoms with van der Waals surface area (Å²) in [6, 6.07) is 2.64. The Kier molecular flexibility index (Phi) is 5.34. The highest BCUT2D eigenvalue weighted by atomic mass is 35.5. The number of halogens is 3. The maximum Gasteiger partial charge on any atom is 0.280 e. The number of alkyl halides is 2. The van der Waals surface area contributed by atoms with Crippen molar-refractivity contribution in [3.05, 3.63) is 40.4 Å². The number of hydrogen-bond donors (Lipinski definition) is 2. The number of nitrogens with one attached hydrogen (secondary N) is 2. The molecular formula is C18H19ClF2N4O2S. The molecule has 0 aromatic carbocycles. The highest BCUT2D eigenvalue weighted by molar-refractivity contribution is 7.97. The molecule has 1 amide bonds. The number of aromatic nitrogens is 2. The highest BCUT2D eigenvalue weighted by Crippen LogP contribution is 2.40. The summed E-state index contributed by atoms with van der Waals surface area (Å²) in [6.07, 6.45) is 0.290. The molecule has 0 radical (unpaired) electrons. The molecule has 10 heteroatoms. The molecule has 4 heterocycles. The molecule has 0 aliphatic carbocycles. The molecule has 0 bridgehead atoms. The lowest BCUT2D eigenvalue weighted by molar-refractivity contribution is -0.0510. The second kappa shape index (κ2) is 7.62. The highest BCUT2D eigenvalue weighted by Gasteiger charge is 2.35. The topological polar surface area (TPSA) is 68.2 Å². The van der Waals surface area contributed by atoms with Gasteiger partial charge in [-0.2, -0.15) is 0 Å². The van der Waals surface area contributed by atoms with Crippen LogP contribution in [0, 0.1) is 0 Å². The summed E-state index contributed by atoms with van der Waals surface area (Å²) >= 11 is 7.99. The lowest BCUT2D eigenvalue weighted by atomic mass is 10.0. The molecule has 1 fully saturated rings. The predicted octanol–water partition coefficient (Wildman–Crippen LogP) is 4.06. The van der Waals surface area contributed by atoms with Crippen molar-refractivity contribution < 1.29 is 18.3 Å². The molecule has 2 N–H and O–H groups in total. The standard InChI is InChI=1S/C18H19ClF2N4O2S/c1-18(8-27-9-18)24-28-15-12-3-2-6-25(12)14(13(15)19)17(26)23-10-4-5-22-11(7-10)16(20)21/h4-5,7,16,24H,2-3,6,8-9H2,1H3,(H,22,23,26). The SMILES string of the molecule is CC1(NSc2c(Cl)c(C(=O)Nc3ccnc(C(F)F)c3)n3c2CCC3)COC1. The van der Waals surface area contributed by atoms with Crippen LogP contribution in [-0.4, -0.2) is 34.2 Å². The third-order valence-corrected chi connectivity index (χ3v) is 6.50. The first kappa shape index (κ1) is 19.6. The van der Waals surface area contributed by atoms with Crippen LogP contribution in [0.2, 0.25) is 5.02 Å². The van der Waals surface area contributed by atoms with Gasteiger partial charge >= 0.3 is 0 Å². The second-order valence-corrected chi connectivity index (χ2v) is 8.37. The van der Waals surface area contributed by atoms with Gasteiger partial charge in [0.15, 0.2) is 0 Å². The smallest absolute Gasteiger partial charge is 0.280 e. The first-order valence-corrected chi connectivity index (χ1v) is 10.1. The van der Waals surface area contributed by atoms with Gasteiger partial charge < -0.3 is 14.6 Å². The van der Waals surface area contributed by atoms with Crippen LogP contribution in [0.15, 0.2) is 23.2 Å². The summed E-state index contributed by atoms with van der Waals surface area (Å²) in [6.45, 7) is 3.99. The average molecular weight is 429 g/mol. The van der Waals surface area contributed by atoms with E-state index in [9.17, 15) is 13.6 Å². The van der Waals surface area contributed by atoms with E-state index in [-0.39, 0.29) is 16.9 Å². The summed E-state index contributed by atoms with van der Waals surface area (Å²) in [7, 11) is 0. The van der Waals surface area contributed by atoms with Crippen LogP contribution >= 0.6 is 23.5 Å². The Balaban J connectivity index is 1.58. The van der Waals surface area contributed by atoms with E-state index in [0.717, 1.165) is 23.4 Å². The number of carbonyl (C=O) groups excluding carboxylic acids is 1. The number of rotatable bonds is 6. The van der Waals surface area contributed by atoms with E-state index >= 15 is 0 Å². The molecule has 150 valence electrons. The molecule has 2 aliphatic heterocycles. The molecule has 0 atom stereocenters. The quantitative estimate of drug-likeness (QED) is 0.679. The Morgan fingerprint density at radius 1 is 1.46 bits per heavy atom. The first-order valence-electron chi connectivity index (χ1n) is 8.86. The van der Waals surface area contributed by atoms with Crippen molar-refractivity contribution >= 4 is 35.1 Å². The zero-order valence-electron chi connectivity index (χ0n) is 15.1. The van der Waals surface area contributed by atoms with Crippen molar-refractivity contribution in [2.75, 3.05) is 18.5 Å². The number of ether oxygens (including phenoxy) is 1. The molecule has 0 spiro atoms. The zero-order chi connectivity index (χ0) is 19.9. The molecule has 2 aromatic rings. The van der Waals surface area contributed by atoms with E-state index < -0.39 is 12.3 Å². The van der Waals surface area contributed by atoms with Gasteiger partial charge in [0.2, 0.25) is 0 Å². The molecule has 0 saturated carbocycles. The number of amides is 1. The van der Waals surface area contributed by atoms with Gasteiger partial charge in [0, 0.05) is 24.1 Å². The van der Waals surface area contributed by atoms with Crippen LogP contribution in [0.4, 0.5) is 14.5 Å². The number of carbonyl (C=O) groups is 1. The summed E-state index contributed by atoms with van der Waals surface area (Å²) < 4.78 is 36.2. The van der Waals surface area contributed by atoms with Gasteiger partial charge in [-0.1, -0.05) is 11.6 Å². The van der Waals surface area contributed by atoms with Crippen molar-refractivity contribution in [1.29, 1.82) is 0 Å². The van der Waals surface area contributed by atoms with E-state index in [2.05, 4.69) is 21.9 Å². The summed E-state index contributed by atoms with van der Waals surface area (Å²) in [5.41, 5.74) is 1.11. The third-order valence-electron chi connectivity index (χ3n) is 4.78. The molecule has 2 aliphatic rings. The van der Waals surface area contributed by atoms with Gasteiger partial charge in [0.05, 0.1) is 28.7 Å². The normalized spacial score (nSPS) is 17.5.